The molecule has 2 rings (SSSR count). The molecule has 0 aliphatic rings. The first-order chi connectivity index (χ1) is 8.82. The van der Waals surface area contributed by atoms with E-state index in [-0.39, 0.29) is 5.56 Å². The number of carboxylic acid groups (broad SMARTS) is 1. The third-order valence-corrected chi connectivity index (χ3v) is 3.50. The molecule has 0 amide bonds. The summed E-state index contributed by atoms with van der Waals surface area (Å²) in [5, 5.41) is 13.6. The lowest BCUT2D eigenvalue weighted by Gasteiger charge is -2.10. The van der Waals surface area contributed by atoms with Gasteiger partial charge in [-0.05, 0) is 51.0 Å². The Bertz CT molecular complexity index is 672. The highest BCUT2D eigenvalue weighted by Crippen LogP contribution is 2.24. The first kappa shape index (κ1) is 13.1. The van der Waals surface area contributed by atoms with E-state index in [1.165, 1.54) is 0 Å². The normalized spacial score (nSPS) is 10.7. The number of benzene rings is 1. The number of nitrogens with zero attached hydrogens (tertiary/aromatic N) is 2. The Morgan fingerprint density at radius 3 is 2.37 bits per heavy atom. The maximum atomic E-state index is 11.2. The molecular formula is C14H17N3O2. The van der Waals surface area contributed by atoms with Gasteiger partial charge in [-0.15, -0.1) is 0 Å². The largest absolute Gasteiger partial charge is 0.478 e. The lowest BCUT2D eigenvalue weighted by atomic mass is 10.1. The molecule has 2 aromatic rings. The number of nitrogen functional groups attached to an aromatic ring is 1. The van der Waals surface area contributed by atoms with Gasteiger partial charge in [0.15, 0.2) is 0 Å². The lowest BCUT2D eigenvalue weighted by molar-refractivity contribution is 0.0698. The molecule has 0 aliphatic carbocycles. The highest BCUT2D eigenvalue weighted by atomic mass is 16.4. The molecule has 3 N–H and O–H groups in total. The van der Waals surface area contributed by atoms with Crippen LogP contribution in [-0.4, -0.2) is 20.9 Å². The Balaban J connectivity index is 2.69. The minimum Gasteiger partial charge on any atom is -0.478 e. The van der Waals surface area contributed by atoms with Gasteiger partial charge in [0, 0.05) is 11.4 Å². The second-order valence-corrected chi connectivity index (χ2v) is 4.74. The molecule has 19 heavy (non-hydrogen) atoms. The summed E-state index contributed by atoms with van der Waals surface area (Å²) in [5.74, 6) is -1.03. The lowest BCUT2D eigenvalue weighted by Crippen LogP contribution is -2.08. The molecule has 0 aliphatic heterocycles. The van der Waals surface area contributed by atoms with Crippen LogP contribution in [0.5, 0.6) is 0 Å². The van der Waals surface area contributed by atoms with E-state index in [1.807, 2.05) is 26.8 Å². The Labute approximate surface area is 111 Å². The van der Waals surface area contributed by atoms with E-state index in [0.717, 1.165) is 28.2 Å². The van der Waals surface area contributed by atoms with E-state index in [9.17, 15) is 9.90 Å². The number of hydrogen-bond donors (Lipinski definition) is 2. The van der Waals surface area contributed by atoms with Crippen LogP contribution in [0, 0.1) is 27.7 Å². The van der Waals surface area contributed by atoms with Crippen molar-refractivity contribution in [2.75, 3.05) is 5.73 Å². The molecule has 1 aromatic carbocycles. The first-order valence-corrected chi connectivity index (χ1v) is 5.99. The molecule has 0 spiro atoms. The van der Waals surface area contributed by atoms with Gasteiger partial charge >= 0.3 is 5.97 Å². The highest BCUT2D eigenvalue weighted by molar-refractivity contribution is 5.95. The van der Waals surface area contributed by atoms with Gasteiger partial charge in [0.2, 0.25) is 0 Å². The third-order valence-electron chi connectivity index (χ3n) is 3.50. The third kappa shape index (κ3) is 2.07. The van der Waals surface area contributed by atoms with Gasteiger partial charge in [-0.1, -0.05) is 0 Å². The molecule has 100 valence electrons. The van der Waals surface area contributed by atoms with Crippen molar-refractivity contribution in [3.63, 3.8) is 0 Å². The Morgan fingerprint density at radius 1 is 1.26 bits per heavy atom. The van der Waals surface area contributed by atoms with Crippen LogP contribution in [0.1, 0.15) is 32.9 Å². The molecule has 0 saturated heterocycles. The standard InChI is InChI=1S/C14H17N3O2/c1-7-5-11(6-12(13(7)15)14(18)19)17-10(4)8(2)9(3)16-17/h5-6H,15H2,1-4H3,(H,18,19). The number of rotatable bonds is 2. The van der Waals surface area contributed by atoms with Gasteiger partial charge in [-0.2, -0.15) is 5.10 Å². The number of hydrogen-bond acceptors (Lipinski definition) is 3. The van der Waals surface area contributed by atoms with Crippen LogP contribution < -0.4 is 5.73 Å². The Morgan fingerprint density at radius 2 is 1.89 bits per heavy atom. The maximum Gasteiger partial charge on any atom is 0.337 e. The fourth-order valence-electron chi connectivity index (χ4n) is 2.05. The number of anilines is 1. The fourth-order valence-corrected chi connectivity index (χ4v) is 2.05. The van der Waals surface area contributed by atoms with Gasteiger partial charge in [0.05, 0.1) is 16.9 Å². The van der Waals surface area contributed by atoms with E-state index >= 15 is 0 Å². The van der Waals surface area contributed by atoms with E-state index in [0.29, 0.717) is 5.69 Å². The summed E-state index contributed by atoms with van der Waals surface area (Å²) in [5.41, 5.74) is 10.7. The number of nitrogens with two attached hydrogens (primary N) is 1. The predicted molar refractivity (Wildman–Crippen MR) is 73.9 cm³/mol. The molecule has 0 fully saturated rings. The minimum absolute atomic E-state index is 0.111. The van der Waals surface area contributed by atoms with Crippen LogP contribution in [0.4, 0.5) is 5.69 Å². The summed E-state index contributed by atoms with van der Waals surface area (Å²) in [7, 11) is 0. The molecule has 0 unspecified atom stereocenters. The molecule has 0 bridgehead atoms. The van der Waals surface area contributed by atoms with Crippen LogP contribution in [0.25, 0.3) is 5.69 Å². The second-order valence-electron chi connectivity index (χ2n) is 4.74. The SMILES string of the molecule is Cc1cc(-n2nc(C)c(C)c2C)cc(C(=O)O)c1N. The van der Waals surface area contributed by atoms with Crippen LogP contribution in [0.15, 0.2) is 12.1 Å². The summed E-state index contributed by atoms with van der Waals surface area (Å²) in [6, 6.07) is 3.41. The average Bonchev–Trinajstić information content (AvgIpc) is 2.60. The van der Waals surface area contributed by atoms with E-state index < -0.39 is 5.97 Å². The smallest absolute Gasteiger partial charge is 0.337 e. The number of aromatic nitrogens is 2. The average molecular weight is 259 g/mol. The van der Waals surface area contributed by atoms with Gasteiger partial charge in [-0.3, -0.25) is 0 Å². The summed E-state index contributed by atoms with van der Waals surface area (Å²) in [4.78, 5) is 11.2. The number of aryl methyl sites for hydroxylation is 2. The molecule has 0 atom stereocenters. The van der Waals surface area contributed by atoms with Crippen molar-refractivity contribution in [2.45, 2.75) is 27.7 Å². The van der Waals surface area contributed by atoms with Gasteiger partial charge in [0.1, 0.15) is 0 Å². The van der Waals surface area contributed by atoms with Crippen LogP contribution in [0.2, 0.25) is 0 Å². The monoisotopic (exact) mass is 259 g/mol. The minimum atomic E-state index is -1.03. The van der Waals surface area contributed by atoms with E-state index in [1.54, 1.807) is 17.7 Å². The van der Waals surface area contributed by atoms with E-state index in [4.69, 9.17) is 5.73 Å². The van der Waals surface area contributed by atoms with Crippen LogP contribution in [0.3, 0.4) is 0 Å². The quantitative estimate of drug-likeness (QED) is 0.811. The molecule has 0 saturated carbocycles. The summed E-state index contributed by atoms with van der Waals surface area (Å²) >= 11 is 0. The van der Waals surface area contributed by atoms with Crippen LogP contribution >= 0.6 is 0 Å². The number of carbonyl (C=O) groups is 1. The molecular weight excluding hydrogens is 242 g/mol. The molecule has 5 heteroatoms. The highest BCUT2D eigenvalue weighted by Gasteiger charge is 2.15. The topological polar surface area (TPSA) is 81.1 Å². The molecule has 5 nitrogen and oxygen atoms in total. The first-order valence-electron chi connectivity index (χ1n) is 5.99. The van der Waals surface area contributed by atoms with Crippen molar-refractivity contribution in [1.29, 1.82) is 0 Å². The summed E-state index contributed by atoms with van der Waals surface area (Å²) < 4.78 is 1.75. The van der Waals surface area contributed by atoms with Crippen molar-refractivity contribution in [2.24, 2.45) is 0 Å². The molecule has 1 heterocycles. The Hall–Kier alpha value is -2.30. The predicted octanol–water partition coefficient (Wildman–Crippen LogP) is 2.39. The van der Waals surface area contributed by atoms with E-state index in [2.05, 4.69) is 5.10 Å². The zero-order valence-electron chi connectivity index (χ0n) is 11.5. The van der Waals surface area contributed by atoms with Crippen molar-refractivity contribution in [3.05, 3.63) is 40.2 Å². The van der Waals surface area contributed by atoms with Gasteiger partial charge in [-0.25, -0.2) is 9.48 Å². The van der Waals surface area contributed by atoms with Crippen molar-refractivity contribution in [3.8, 4) is 5.69 Å². The second kappa shape index (κ2) is 4.42. The molecule has 0 radical (unpaired) electrons. The summed E-state index contributed by atoms with van der Waals surface area (Å²) in [6.07, 6.45) is 0. The van der Waals surface area contributed by atoms with Crippen LogP contribution in [-0.2, 0) is 0 Å². The number of carboxylic acids is 1. The maximum absolute atomic E-state index is 11.2. The van der Waals surface area contributed by atoms with Gasteiger partial charge in [0.25, 0.3) is 0 Å². The zero-order chi connectivity index (χ0) is 14.3. The summed E-state index contributed by atoms with van der Waals surface area (Å²) in [6.45, 7) is 7.68. The van der Waals surface area contributed by atoms with Crippen molar-refractivity contribution in [1.82, 2.24) is 9.78 Å². The zero-order valence-corrected chi connectivity index (χ0v) is 11.5. The number of aromatic carboxylic acids is 1. The Kier molecular flexibility index (Phi) is 3.06. The van der Waals surface area contributed by atoms with Gasteiger partial charge < -0.3 is 10.8 Å². The van der Waals surface area contributed by atoms with Crippen molar-refractivity contribution < 1.29 is 9.90 Å². The van der Waals surface area contributed by atoms with Crippen molar-refractivity contribution >= 4 is 11.7 Å². The fraction of sp³-hybridized carbons (Fsp3) is 0.286. The molecule has 1 aromatic heterocycles.